The Balaban J connectivity index is 0.000000559. The lowest BCUT2D eigenvalue weighted by Gasteiger charge is -2.17. The van der Waals surface area contributed by atoms with E-state index >= 15 is 0 Å². The van der Waals surface area contributed by atoms with E-state index in [1.54, 1.807) is 24.3 Å². The molecule has 0 atom stereocenters. The van der Waals surface area contributed by atoms with E-state index in [1.165, 1.54) is 5.56 Å². The lowest BCUT2D eigenvalue weighted by Crippen LogP contribution is -2.35. The Morgan fingerprint density at radius 2 is 1.52 bits per heavy atom. The Kier molecular flexibility index (Phi) is 9.62. The fraction of sp³-hybridized carbons (Fsp3) is 0.310. The number of aliphatic carboxylic acids is 1. The van der Waals surface area contributed by atoms with Crippen molar-refractivity contribution in [1.82, 2.24) is 5.32 Å². The van der Waals surface area contributed by atoms with E-state index in [4.69, 9.17) is 9.90 Å². The van der Waals surface area contributed by atoms with Crippen molar-refractivity contribution in [3.8, 4) is 0 Å². The predicted molar refractivity (Wildman–Crippen MR) is 146 cm³/mol. The lowest BCUT2D eigenvalue weighted by molar-refractivity contribution is -0.192. The van der Waals surface area contributed by atoms with Gasteiger partial charge in [-0.25, -0.2) is 13.2 Å². The van der Waals surface area contributed by atoms with Gasteiger partial charge >= 0.3 is 12.1 Å². The number of carboxylic acids is 1. The first-order chi connectivity index (χ1) is 18.7. The molecule has 1 fully saturated rings. The Morgan fingerprint density at radius 3 is 2.05 bits per heavy atom. The van der Waals surface area contributed by atoms with E-state index < -0.39 is 27.6 Å². The minimum Gasteiger partial charge on any atom is -0.475 e. The van der Waals surface area contributed by atoms with Gasteiger partial charge in [0.1, 0.15) is 0 Å². The number of nitrogens with one attached hydrogen (secondary N) is 2. The van der Waals surface area contributed by atoms with Crippen molar-refractivity contribution in [2.75, 3.05) is 11.3 Å². The minimum atomic E-state index is -5.08. The molecule has 3 aromatic carbocycles. The predicted octanol–water partition coefficient (Wildman–Crippen LogP) is 5.52. The second-order valence-corrected chi connectivity index (χ2v) is 11.3. The average molecular weight is 577 g/mol. The van der Waals surface area contributed by atoms with E-state index in [0.29, 0.717) is 12.2 Å². The number of sulfonamides is 1. The summed E-state index contributed by atoms with van der Waals surface area (Å²) in [5.41, 5.74) is 4.17. The van der Waals surface area contributed by atoms with E-state index in [9.17, 15) is 26.4 Å². The summed E-state index contributed by atoms with van der Waals surface area (Å²) in [5, 5.41) is 10.2. The number of hydrogen-bond acceptors (Lipinski definition) is 4. The van der Waals surface area contributed by atoms with Crippen molar-refractivity contribution in [3.63, 3.8) is 0 Å². The zero-order chi connectivity index (χ0) is 29.6. The molecular weight excluding hydrogens is 545 g/mol. The van der Waals surface area contributed by atoms with E-state index in [1.807, 2.05) is 50.2 Å². The van der Waals surface area contributed by atoms with Gasteiger partial charge in [0.15, 0.2) is 0 Å². The van der Waals surface area contributed by atoms with Crippen LogP contribution in [0.5, 0.6) is 0 Å². The molecule has 0 spiro atoms. The third-order valence-corrected chi connectivity index (χ3v) is 8.06. The van der Waals surface area contributed by atoms with E-state index in [-0.39, 0.29) is 10.8 Å². The van der Waals surface area contributed by atoms with Crippen LogP contribution in [0.3, 0.4) is 0 Å². The largest absolute Gasteiger partial charge is 0.490 e. The maximum Gasteiger partial charge on any atom is 0.490 e. The van der Waals surface area contributed by atoms with Crippen molar-refractivity contribution < 1.29 is 36.3 Å². The van der Waals surface area contributed by atoms with Crippen molar-refractivity contribution in [3.05, 3.63) is 95.1 Å². The number of anilines is 1. The van der Waals surface area contributed by atoms with Crippen LogP contribution in [0.4, 0.5) is 18.9 Å². The molecule has 40 heavy (non-hydrogen) atoms. The molecule has 3 N–H and O–H groups in total. The first-order valence-electron chi connectivity index (χ1n) is 12.6. The first kappa shape index (κ1) is 30.7. The molecule has 0 saturated heterocycles. The molecule has 4 rings (SSSR count). The molecule has 0 bridgehead atoms. The number of halogens is 3. The van der Waals surface area contributed by atoms with Crippen LogP contribution in [0.25, 0.3) is 0 Å². The maximum absolute atomic E-state index is 12.9. The molecule has 0 radical (unpaired) electrons. The Hall–Kier alpha value is -3.86. The van der Waals surface area contributed by atoms with Crippen LogP contribution in [-0.4, -0.2) is 38.1 Å². The number of benzene rings is 3. The topological polar surface area (TPSA) is 113 Å². The fourth-order valence-electron chi connectivity index (χ4n) is 4.03. The van der Waals surface area contributed by atoms with Crippen LogP contribution >= 0.6 is 0 Å². The van der Waals surface area contributed by atoms with E-state index in [0.717, 1.165) is 42.4 Å². The summed E-state index contributed by atoms with van der Waals surface area (Å²) in [7, 11) is -3.67. The third-order valence-electron chi connectivity index (χ3n) is 6.68. The van der Waals surface area contributed by atoms with Crippen molar-refractivity contribution in [2.24, 2.45) is 0 Å². The van der Waals surface area contributed by atoms with Crippen LogP contribution in [0.2, 0.25) is 0 Å². The van der Waals surface area contributed by atoms with Crippen LogP contribution in [-0.2, 0) is 31.4 Å². The van der Waals surface area contributed by atoms with Gasteiger partial charge in [-0.2, -0.15) is 13.2 Å². The number of hydrogen-bond donors (Lipinski definition) is 3. The van der Waals surface area contributed by atoms with Crippen LogP contribution in [0.15, 0.2) is 77.7 Å². The molecule has 0 aliphatic heterocycles. The van der Waals surface area contributed by atoms with Gasteiger partial charge in [0.05, 0.1) is 10.3 Å². The summed E-state index contributed by atoms with van der Waals surface area (Å²) in [4.78, 5) is 22.0. The lowest BCUT2D eigenvalue weighted by atomic mass is 9.94. The van der Waals surface area contributed by atoms with Gasteiger partial charge in [0, 0.05) is 12.2 Å². The van der Waals surface area contributed by atoms with Crippen LogP contribution < -0.4 is 10.0 Å². The van der Waals surface area contributed by atoms with Gasteiger partial charge in [0.2, 0.25) is 5.91 Å². The molecule has 7 nitrogen and oxygen atoms in total. The second-order valence-electron chi connectivity index (χ2n) is 9.66. The van der Waals surface area contributed by atoms with Crippen molar-refractivity contribution in [1.29, 1.82) is 0 Å². The molecule has 1 saturated carbocycles. The van der Waals surface area contributed by atoms with Gasteiger partial charge in [-0.05, 0) is 86.1 Å². The van der Waals surface area contributed by atoms with Gasteiger partial charge in [-0.15, -0.1) is 0 Å². The van der Waals surface area contributed by atoms with Gasteiger partial charge in [-0.1, -0.05) is 48.5 Å². The molecular formula is C29H31F3N2O5S. The Bertz CT molecular complexity index is 1440. The third kappa shape index (κ3) is 8.08. The van der Waals surface area contributed by atoms with Crippen molar-refractivity contribution >= 4 is 27.6 Å². The fourth-order valence-corrected chi connectivity index (χ4v) is 5.18. The highest BCUT2D eigenvalue weighted by Gasteiger charge is 2.51. The number of carboxylic acid groups (broad SMARTS) is 1. The maximum atomic E-state index is 12.9. The zero-order valence-corrected chi connectivity index (χ0v) is 22.9. The number of carbonyl (C=O) groups is 2. The molecule has 3 aromatic rings. The molecule has 214 valence electrons. The highest BCUT2D eigenvalue weighted by molar-refractivity contribution is 7.92. The van der Waals surface area contributed by atoms with E-state index in [2.05, 4.69) is 22.2 Å². The van der Waals surface area contributed by atoms with Crippen LogP contribution in [0.1, 0.15) is 41.5 Å². The smallest absolute Gasteiger partial charge is 0.475 e. The monoisotopic (exact) mass is 576 g/mol. The summed E-state index contributed by atoms with van der Waals surface area (Å²) in [6, 6.07) is 22.5. The molecule has 0 unspecified atom stereocenters. The SMILES string of the molecule is Cc1ccc(S(=O)(=O)Nc2ccc(C3(C(=O)NCCCc4ccccc4)CC3)cc2)cc1C.O=C(O)C(F)(F)F. The molecule has 1 aliphatic carbocycles. The van der Waals surface area contributed by atoms with Gasteiger partial charge < -0.3 is 10.4 Å². The average Bonchev–Trinajstić information content (AvgIpc) is 3.71. The summed E-state index contributed by atoms with van der Waals surface area (Å²) < 4.78 is 59.9. The normalized spacial score (nSPS) is 13.9. The summed E-state index contributed by atoms with van der Waals surface area (Å²) >= 11 is 0. The number of amides is 1. The Morgan fingerprint density at radius 1 is 0.925 bits per heavy atom. The van der Waals surface area contributed by atoms with Gasteiger partial charge in [-0.3, -0.25) is 9.52 Å². The van der Waals surface area contributed by atoms with Crippen LogP contribution in [0, 0.1) is 13.8 Å². The quantitative estimate of drug-likeness (QED) is 0.291. The molecule has 1 aliphatic rings. The number of carbonyl (C=O) groups excluding carboxylic acids is 1. The summed E-state index contributed by atoms with van der Waals surface area (Å²) in [6.07, 6.45) is -1.63. The zero-order valence-electron chi connectivity index (χ0n) is 22.1. The molecule has 0 heterocycles. The minimum absolute atomic E-state index is 0.0547. The highest BCUT2D eigenvalue weighted by atomic mass is 32.2. The number of alkyl halides is 3. The number of aryl methyl sites for hydroxylation is 3. The Labute approximate surface area is 231 Å². The molecule has 1 amide bonds. The van der Waals surface area contributed by atoms with Crippen molar-refractivity contribution in [2.45, 2.75) is 56.0 Å². The number of rotatable bonds is 9. The highest BCUT2D eigenvalue weighted by Crippen LogP contribution is 2.48. The molecule has 0 aromatic heterocycles. The first-order valence-corrected chi connectivity index (χ1v) is 14.1. The summed E-state index contributed by atoms with van der Waals surface area (Å²) in [6.45, 7) is 4.49. The van der Waals surface area contributed by atoms with Gasteiger partial charge in [0.25, 0.3) is 10.0 Å². The second kappa shape index (κ2) is 12.5. The summed E-state index contributed by atoms with van der Waals surface area (Å²) in [5.74, 6) is -2.70. The molecule has 11 heteroatoms. The standard InChI is InChI=1S/C27H30N2O3S.C2HF3O2/c1-20-10-15-25(19-21(20)2)33(31,32)29-24-13-11-23(12-14-24)27(16-17-27)26(30)28-18-6-9-22-7-4-3-5-8-22;3-2(4,5)1(6)7/h3-5,7-8,10-15,19,29H,6,9,16-18H2,1-2H3,(H,28,30);(H,6,7).